The van der Waals surface area contributed by atoms with Crippen LogP contribution in [0.3, 0.4) is 0 Å². The Labute approximate surface area is 106 Å². The van der Waals surface area contributed by atoms with Crippen LogP contribution >= 0.6 is 15.9 Å². The van der Waals surface area contributed by atoms with Crippen LogP contribution in [0.1, 0.15) is 0 Å². The number of aromatic nitrogens is 2. The molecule has 0 N–H and O–H groups in total. The lowest BCUT2D eigenvalue weighted by molar-refractivity contribution is 0.392. The molecule has 86 valence electrons. The molecule has 0 atom stereocenters. The molecule has 0 saturated carbocycles. The van der Waals surface area contributed by atoms with Crippen molar-refractivity contribution in [2.45, 2.75) is 0 Å². The zero-order valence-electron chi connectivity index (χ0n) is 9.05. The van der Waals surface area contributed by atoms with E-state index in [1.54, 1.807) is 7.11 Å². The highest BCUT2D eigenvalue weighted by atomic mass is 79.9. The van der Waals surface area contributed by atoms with E-state index in [0.29, 0.717) is 4.67 Å². The van der Waals surface area contributed by atoms with Crippen molar-refractivity contribution in [3.05, 3.63) is 41.2 Å². The lowest BCUT2D eigenvalue weighted by atomic mass is 10.4. The fraction of sp³-hybridized carbons (Fsp3) is 0.0833. The van der Waals surface area contributed by atoms with Crippen molar-refractivity contribution < 1.29 is 9.15 Å². The van der Waals surface area contributed by atoms with Crippen molar-refractivity contribution >= 4 is 21.6 Å². The van der Waals surface area contributed by atoms with E-state index in [1.165, 1.54) is 0 Å². The molecule has 0 bridgehead atoms. The van der Waals surface area contributed by atoms with E-state index in [-0.39, 0.29) is 0 Å². The molecule has 4 nitrogen and oxygen atoms in total. The number of rotatable bonds is 2. The topological polar surface area (TPSA) is 39.7 Å². The van der Waals surface area contributed by atoms with Crippen LogP contribution in [-0.2, 0) is 0 Å². The first-order chi connectivity index (χ1) is 8.28. The van der Waals surface area contributed by atoms with Gasteiger partial charge in [0.15, 0.2) is 16.3 Å². The number of methoxy groups -OCH3 is 1. The molecule has 0 amide bonds. The van der Waals surface area contributed by atoms with Gasteiger partial charge in [0.25, 0.3) is 0 Å². The molecular formula is C12H9BrN2O2. The molecule has 0 unspecified atom stereocenters. The molecule has 0 saturated heterocycles. The van der Waals surface area contributed by atoms with Crippen LogP contribution in [0.15, 0.2) is 45.6 Å². The van der Waals surface area contributed by atoms with Crippen molar-refractivity contribution in [2.75, 3.05) is 7.11 Å². The number of furan rings is 1. The maximum absolute atomic E-state index is 5.47. The zero-order valence-corrected chi connectivity index (χ0v) is 10.6. The van der Waals surface area contributed by atoms with Gasteiger partial charge >= 0.3 is 0 Å². The summed E-state index contributed by atoms with van der Waals surface area (Å²) in [6, 6.07) is 9.43. The Morgan fingerprint density at radius 2 is 2.18 bits per heavy atom. The Balaban J connectivity index is 2.19. The second kappa shape index (κ2) is 3.92. The molecular weight excluding hydrogens is 284 g/mol. The van der Waals surface area contributed by atoms with E-state index < -0.39 is 0 Å². The second-order valence-electron chi connectivity index (χ2n) is 3.53. The first kappa shape index (κ1) is 10.4. The fourth-order valence-corrected chi connectivity index (χ4v) is 2.03. The third-order valence-electron chi connectivity index (χ3n) is 2.49. The van der Waals surface area contributed by atoms with Gasteiger partial charge in [-0.05, 0) is 40.2 Å². The van der Waals surface area contributed by atoms with Gasteiger partial charge in [0, 0.05) is 6.20 Å². The normalized spacial score (nSPS) is 10.9. The number of hydrogen-bond acceptors (Lipinski definition) is 3. The van der Waals surface area contributed by atoms with Crippen molar-refractivity contribution in [1.29, 1.82) is 0 Å². The molecule has 5 heteroatoms. The number of pyridine rings is 1. The van der Waals surface area contributed by atoms with Crippen LogP contribution in [0, 0.1) is 0 Å². The highest BCUT2D eigenvalue weighted by Gasteiger charge is 2.10. The SMILES string of the molecule is COc1cccc2nc(-c3ccc(Br)o3)cn12. The Morgan fingerprint density at radius 1 is 1.29 bits per heavy atom. The van der Waals surface area contributed by atoms with Crippen LogP contribution in [0.25, 0.3) is 17.1 Å². The molecule has 3 rings (SSSR count). The molecule has 0 aliphatic carbocycles. The van der Waals surface area contributed by atoms with Gasteiger partial charge in [0.1, 0.15) is 11.3 Å². The summed E-state index contributed by atoms with van der Waals surface area (Å²) in [6.45, 7) is 0. The van der Waals surface area contributed by atoms with E-state index in [1.807, 2.05) is 40.9 Å². The molecule has 17 heavy (non-hydrogen) atoms. The minimum absolute atomic E-state index is 0.691. The second-order valence-corrected chi connectivity index (χ2v) is 4.31. The third kappa shape index (κ3) is 1.72. The lowest BCUT2D eigenvalue weighted by Crippen LogP contribution is -1.91. The standard InChI is InChI=1S/C12H9BrN2O2/c1-16-12-4-2-3-11-14-8(7-15(11)12)9-5-6-10(13)17-9/h2-7H,1H3. The van der Waals surface area contributed by atoms with Crippen LogP contribution in [0.4, 0.5) is 0 Å². The van der Waals surface area contributed by atoms with E-state index in [9.17, 15) is 0 Å². The van der Waals surface area contributed by atoms with Gasteiger partial charge < -0.3 is 9.15 Å². The average Bonchev–Trinajstić information content (AvgIpc) is 2.93. The van der Waals surface area contributed by atoms with Gasteiger partial charge in [-0.2, -0.15) is 0 Å². The van der Waals surface area contributed by atoms with E-state index in [2.05, 4.69) is 20.9 Å². The summed E-state index contributed by atoms with van der Waals surface area (Å²) in [5, 5.41) is 0. The van der Waals surface area contributed by atoms with Gasteiger partial charge in [-0.3, -0.25) is 4.40 Å². The van der Waals surface area contributed by atoms with E-state index in [4.69, 9.17) is 9.15 Å². The average molecular weight is 293 g/mol. The minimum atomic E-state index is 0.691. The Kier molecular flexibility index (Phi) is 2.40. The first-order valence-corrected chi connectivity index (χ1v) is 5.85. The quantitative estimate of drug-likeness (QED) is 0.727. The maximum Gasteiger partial charge on any atom is 0.198 e. The molecule has 0 aliphatic heterocycles. The smallest absolute Gasteiger partial charge is 0.198 e. The largest absolute Gasteiger partial charge is 0.482 e. The van der Waals surface area contributed by atoms with E-state index >= 15 is 0 Å². The van der Waals surface area contributed by atoms with Gasteiger partial charge in [0.2, 0.25) is 0 Å². The van der Waals surface area contributed by atoms with Crippen LogP contribution in [0.5, 0.6) is 5.88 Å². The number of fused-ring (bicyclic) bond motifs is 1. The number of halogens is 1. The lowest BCUT2D eigenvalue weighted by Gasteiger charge is -2.01. The van der Waals surface area contributed by atoms with Crippen molar-refractivity contribution in [3.8, 4) is 17.3 Å². The molecule has 0 spiro atoms. The van der Waals surface area contributed by atoms with Gasteiger partial charge in [0.05, 0.1) is 7.11 Å². The van der Waals surface area contributed by atoms with Gasteiger partial charge in [-0.15, -0.1) is 0 Å². The van der Waals surface area contributed by atoms with Gasteiger partial charge in [-0.1, -0.05) is 6.07 Å². The van der Waals surface area contributed by atoms with Crippen molar-refractivity contribution in [2.24, 2.45) is 0 Å². The minimum Gasteiger partial charge on any atom is -0.482 e. The fourth-order valence-electron chi connectivity index (χ4n) is 1.72. The summed E-state index contributed by atoms with van der Waals surface area (Å²) in [5.41, 5.74) is 1.60. The predicted molar refractivity (Wildman–Crippen MR) is 67.1 cm³/mol. The summed E-state index contributed by atoms with van der Waals surface area (Å²) in [6.07, 6.45) is 1.89. The third-order valence-corrected chi connectivity index (χ3v) is 2.92. The van der Waals surface area contributed by atoms with E-state index in [0.717, 1.165) is 23.0 Å². The molecule has 0 fully saturated rings. The molecule has 3 heterocycles. The first-order valence-electron chi connectivity index (χ1n) is 5.06. The molecule has 0 aliphatic rings. The van der Waals surface area contributed by atoms with Crippen LogP contribution in [0.2, 0.25) is 0 Å². The number of nitrogens with zero attached hydrogens (tertiary/aromatic N) is 2. The van der Waals surface area contributed by atoms with Crippen molar-refractivity contribution in [1.82, 2.24) is 9.38 Å². The van der Waals surface area contributed by atoms with Crippen LogP contribution in [-0.4, -0.2) is 16.5 Å². The number of imidazole rings is 1. The molecule has 3 aromatic heterocycles. The Hall–Kier alpha value is -1.75. The highest BCUT2D eigenvalue weighted by molar-refractivity contribution is 9.10. The monoisotopic (exact) mass is 292 g/mol. The highest BCUT2D eigenvalue weighted by Crippen LogP contribution is 2.26. The summed E-state index contributed by atoms with van der Waals surface area (Å²) in [7, 11) is 1.64. The summed E-state index contributed by atoms with van der Waals surface area (Å²) in [5.74, 6) is 1.47. The number of ether oxygens (including phenoxy) is 1. The number of hydrogen-bond donors (Lipinski definition) is 0. The molecule has 0 radical (unpaired) electrons. The van der Waals surface area contributed by atoms with Gasteiger partial charge in [-0.25, -0.2) is 4.98 Å². The summed E-state index contributed by atoms with van der Waals surface area (Å²) < 4.78 is 13.3. The van der Waals surface area contributed by atoms with Crippen LogP contribution < -0.4 is 4.74 Å². The summed E-state index contributed by atoms with van der Waals surface area (Å²) in [4.78, 5) is 4.47. The molecule has 3 aromatic rings. The van der Waals surface area contributed by atoms with Crippen molar-refractivity contribution in [3.63, 3.8) is 0 Å². The Bertz CT molecular complexity index is 672. The Morgan fingerprint density at radius 3 is 2.88 bits per heavy atom. The molecule has 0 aromatic carbocycles. The maximum atomic E-state index is 5.47. The summed E-state index contributed by atoms with van der Waals surface area (Å²) >= 11 is 3.28. The zero-order chi connectivity index (χ0) is 11.8. The predicted octanol–water partition coefficient (Wildman–Crippen LogP) is 3.37.